The molecular formula is C19H21N3O5. The third kappa shape index (κ3) is 4.72. The molecule has 0 unspecified atom stereocenters. The summed E-state index contributed by atoms with van der Waals surface area (Å²) >= 11 is 0. The number of rotatable bonds is 7. The van der Waals surface area contributed by atoms with Crippen LogP contribution in [0.2, 0.25) is 0 Å². The van der Waals surface area contributed by atoms with E-state index in [1.807, 2.05) is 0 Å². The lowest BCUT2D eigenvalue weighted by molar-refractivity contribution is -0.127. The quantitative estimate of drug-likeness (QED) is 0.553. The van der Waals surface area contributed by atoms with Crippen molar-refractivity contribution in [3.8, 4) is 0 Å². The van der Waals surface area contributed by atoms with E-state index in [4.69, 9.17) is 4.74 Å². The first-order valence-electron chi connectivity index (χ1n) is 8.88. The number of aromatic nitrogens is 1. The van der Waals surface area contributed by atoms with Crippen LogP contribution in [0, 0.1) is 0 Å². The topological polar surface area (TPSA) is 109 Å². The highest BCUT2D eigenvalue weighted by molar-refractivity contribution is 6.03. The smallest absolute Gasteiger partial charge is 0.339 e. The summed E-state index contributed by atoms with van der Waals surface area (Å²) in [5.74, 6) is -0.999. The van der Waals surface area contributed by atoms with Crippen molar-refractivity contribution >= 4 is 28.7 Å². The van der Waals surface area contributed by atoms with Crippen LogP contribution in [0.5, 0.6) is 0 Å². The summed E-state index contributed by atoms with van der Waals surface area (Å²) in [6, 6.07) is 8.04. The Hall–Kier alpha value is -3.16. The number of amides is 2. The maximum Gasteiger partial charge on any atom is 0.339 e. The first-order chi connectivity index (χ1) is 13.0. The van der Waals surface area contributed by atoms with Gasteiger partial charge in [-0.3, -0.25) is 14.4 Å². The van der Waals surface area contributed by atoms with Crippen LogP contribution in [0.3, 0.4) is 0 Å². The van der Waals surface area contributed by atoms with Gasteiger partial charge in [-0.05, 0) is 18.9 Å². The Labute approximate surface area is 155 Å². The van der Waals surface area contributed by atoms with Crippen LogP contribution >= 0.6 is 0 Å². The summed E-state index contributed by atoms with van der Waals surface area (Å²) in [5, 5.41) is 3.21. The van der Waals surface area contributed by atoms with Gasteiger partial charge in [0.1, 0.15) is 0 Å². The lowest BCUT2D eigenvalue weighted by Gasteiger charge is -2.15. The molecule has 1 aromatic carbocycles. The zero-order valence-corrected chi connectivity index (χ0v) is 14.8. The number of pyridine rings is 1. The van der Waals surface area contributed by atoms with Crippen molar-refractivity contribution in [2.75, 3.05) is 26.2 Å². The Morgan fingerprint density at radius 1 is 1.22 bits per heavy atom. The minimum atomic E-state index is -0.727. The number of hydrogen-bond donors (Lipinski definition) is 2. The minimum Gasteiger partial charge on any atom is -0.452 e. The fraction of sp³-hybridized carbons (Fsp3) is 0.368. The van der Waals surface area contributed by atoms with Gasteiger partial charge < -0.3 is 19.9 Å². The number of benzene rings is 1. The molecule has 1 saturated heterocycles. The third-order valence-corrected chi connectivity index (χ3v) is 4.40. The Kier molecular flexibility index (Phi) is 5.85. The van der Waals surface area contributed by atoms with Crippen LogP contribution < -0.4 is 10.9 Å². The molecule has 0 aliphatic carbocycles. The molecule has 142 valence electrons. The summed E-state index contributed by atoms with van der Waals surface area (Å²) < 4.78 is 5.03. The van der Waals surface area contributed by atoms with Gasteiger partial charge in [0.25, 0.3) is 5.91 Å². The van der Waals surface area contributed by atoms with Crippen molar-refractivity contribution < 1.29 is 19.1 Å². The number of nitrogens with zero attached hydrogens (tertiary/aromatic N) is 1. The SMILES string of the molecule is O=C(COC(=O)c1cc(=O)[nH]c2ccccc12)NCCCN1CCCC1=O. The number of likely N-dealkylation sites (tertiary alicyclic amines) is 1. The van der Waals surface area contributed by atoms with E-state index in [0.717, 1.165) is 19.0 Å². The first-order valence-corrected chi connectivity index (χ1v) is 8.88. The maximum atomic E-state index is 12.3. The molecule has 3 rings (SSSR count). The molecule has 2 heterocycles. The van der Waals surface area contributed by atoms with Gasteiger partial charge in [-0.1, -0.05) is 18.2 Å². The summed E-state index contributed by atoms with van der Waals surface area (Å²) in [7, 11) is 0. The number of H-pyrrole nitrogens is 1. The number of ether oxygens (including phenoxy) is 1. The Morgan fingerprint density at radius 3 is 2.81 bits per heavy atom. The van der Waals surface area contributed by atoms with Crippen LogP contribution in [-0.4, -0.2) is 53.9 Å². The number of hydrogen-bond acceptors (Lipinski definition) is 5. The lowest BCUT2D eigenvalue weighted by Crippen LogP contribution is -2.33. The predicted octanol–water partition coefficient (Wildman–Crippen LogP) is 0.814. The minimum absolute atomic E-state index is 0.120. The molecule has 0 spiro atoms. The van der Waals surface area contributed by atoms with Gasteiger partial charge in [-0.25, -0.2) is 4.79 Å². The van der Waals surface area contributed by atoms with Crippen molar-refractivity contribution in [2.24, 2.45) is 0 Å². The van der Waals surface area contributed by atoms with Crippen LogP contribution in [0.1, 0.15) is 29.6 Å². The zero-order valence-electron chi connectivity index (χ0n) is 14.8. The van der Waals surface area contributed by atoms with Gasteiger partial charge >= 0.3 is 5.97 Å². The normalized spacial score (nSPS) is 13.8. The second-order valence-electron chi connectivity index (χ2n) is 6.36. The standard InChI is InChI=1S/C19H21N3O5/c23-16-11-14(13-5-1-2-6-15(13)21-16)19(26)27-12-17(24)20-8-4-10-22-9-3-7-18(22)25/h1-2,5-6,11H,3-4,7-10,12H2,(H,20,24)(H,21,23). The fourth-order valence-electron chi connectivity index (χ4n) is 3.07. The number of esters is 1. The number of fused-ring (bicyclic) bond motifs is 1. The van der Waals surface area contributed by atoms with E-state index in [2.05, 4.69) is 10.3 Å². The van der Waals surface area contributed by atoms with Gasteiger partial charge in [0.15, 0.2) is 6.61 Å². The Morgan fingerprint density at radius 2 is 2.04 bits per heavy atom. The second-order valence-corrected chi connectivity index (χ2v) is 6.36. The average molecular weight is 371 g/mol. The number of carbonyl (C=O) groups excluding carboxylic acids is 3. The van der Waals surface area contributed by atoms with E-state index in [-0.39, 0.29) is 11.5 Å². The van der Waals surface area contributed by atoms with E-state index >= 15 is 0 Å². The molecule has 8 heteroatoms. The van der Waals surface area contributed by atoms with Crippen LogP contribution in [0.4, 0.5) is 0 Å². The van der Waals surface area contributed by atoms with E-state index in [1.165, 1.54) is 0 Å². The molecule has 8 nitrogen and oxygen atoms in total. The van der Waals surface area contributed by atoms with Gasteiger partial charge in [0.2, 0.25) is 11.5 Å². The van der Waals surface area contributed by atoms with Crippen LogP contribution in [0.25, 0.3) is 10.9 Å². The molecule has 2 N–H and O–H groups in total. The molecule has 0 radical (unpaired) electrons. The highest BCUT2D eigenvalue weighted by atomic mass is 16.5. The van der Waals surface area contributed by atoms with Crippen LogP contribution in [0.15, 0.2) is 35.1 Å². The average Bonchev–Trinajstić information content (AvgIpc) is 3.07. The molecule has 0 saturated carbocycles. The van der Waals surface area contributed by atoms with Gasteiger partial charge in [-0.15, -0.1) is 0 Å². The van der Waals surface area contributed by atoms with Gasteiger partial charge in [-0.2, -0.15) is 0 Å². The molecule has 1 aromatic heterocycles. The van der Waals surface area contributed by atoms with E-state index in [0.29, 0.717) is 36.8 Å². The molecule has 2 aromatic rings. The monoisotopic (exact) mass is 371 g/mol. The molecule has 1 aliphatic heterocycles. The number of nitrogens with one attached hydrogen (secondary N) is 2. The molecular weight excluding hydrogens is 350 g/mol. The van der Waals surface area contributed by atoms with Crippen molar-refractivity contribution in [3.05, 3.63) is 46.2 Å². The molecule has 2 amide bonds. The molecule has 0 bridgehead atoms. The third-order valence-electron chi connectivity index (χ3n) is 4.40. The van der Waals surface area contributed by atoms with Gasteiger partial charge in [0.05, 0.1) is 5.56 Å². The fourth-order valence-corrected chi connectivity index (χ4v) is 3.07. The van der Waals surface area contributed by atoms with Crippen molar-refractivity contribution in [3.63, 3.8) is 0 Å². The Bertz CT molecular complexity index is 921. The number of para-hydroxylation sites is 1. The molecule has 27 heavy (non-hydrogen) atoms. The van der Waals surface area contributed by atoms with E-state index in [9.17, 15) is 19.2 Å². The lowest BCUT2D eigenvalue weighted by atomic mass is 10.1. The highest BCUT2D eigenvalue weighted by Gasteiger charge is 2.19. The maximum absolute atomic E-state index is 12.3. The summed E-state index contributed by atoms with van der Waals surface area (Å²) in [6.45, 7) is 1.35. The molecule has 1 aliphatic rings. The van der Waals surface area contributed by atoms with E-state index in [1.54, 1.807) is 29.2 Å². The van der Waals surface area contributed by atoms with Crippen molar-refractivity contribution in [1.29, 1.82) is 0 Å². The molecule has 1 fully saturated rings. The summed E-state index contributed by atoms with van der Waals surface area (Å²) in [6.07, 6.45) is 2.13. The number of aromatic amines is 1. The highest BCUT2D eigenvalue weighted by Crippen LogP contribution is 2.15. The predicted molar refractivity (Wildman–Crippen MR) is 98.3 cm³/mol. The second kappa shape index (κ2) is 8.48. The number of carbonyl (C=O) groups is 3. The van der Waals surface area contributed by atoms with Crippen LogP contribution in [-0.2, 0) is 14.3 Å². The molecule has 0 atom stereocenters. The zero-order chi connectivity index (χ0) is 19.2. The van der Waals surface area contributed by atoms with Crippen molar-refractivity contribution in [1.82, 2.24) is 15.2 Å². The van der Waals surface area contributed by atoms with E-state index < -0.39 is 24.0 Å². The largest absolute Gasteiger partial charge is 0.452 e. The summed E-state index contributed by atoms with van der Waals surface area (Å²) in [5.41, 5.74) is 0.231. The van der Waals surface area contributed by atoms with Gasteiger partial charge in [0, 0.05) is 43.0 Å². The first kappa shape index (κ1) is 18.6. The van der Waals surface area contributed by atoms with Crippen molar-refractivity contribution in [2.45, 2.75) is 19.3 Å². The Balaban J connectivity index is 1.47. The summed E-state index contributed by atoms with van der Waals surface area (Å²) in [4.78, 5) is 51.7.